The first-order valence-corrected chi connectivity index (χ1v) is 8.18. The summed E-state index contributed by atoms with van der Waals surface area (Å²) in [7, 11) is 1.85. The molecule has 7 heteroatoms. The molecule has 128 valence electrons. The Hall–Kier alpha value is -2.25. The van der Waals surface area contributed by atoms with Crippen molar-refractivity contribution in [2.24, 2.45) is 7.05 Å². The van der Waals surface area contributed by atoms with Gasteiger partial charge in [0.1, 0.15) is 6.33 Å². The molecule has 1 aliphatic rings. The summed E-state index contributed by atoms with van der Waals surface area (Å²) < 4.78 is 7.53. The van der Waals surface area contributed by atoms with Gasteiger partial charge < -0.3 is 14.6 Å². The summed E-state index contributed by atoms with van der Waals surface area (Å²) in [5, 5.41) is 10.6. The number of aromatic nitrogens is 3. The van der Waals surface area contributed by atoms with Crippen molar-refractivity contribution >= 4 is 5.91 Å². The Morgan fingerprint density at radius 2 is 2.21 bits per heavy atom. The minimum Gasteiger partial charge on any atom is -0.375 e. The minimum absolute atomic E-state index is 0.0236. The van der Waals surface area contributed by atoms with Crippen LogP contribution in [-0.4, -0.2) is 51.4 Å². The van der Waals surface area contributed by atoms with Gasteiger partial charge in [0.25, 0.3) is 0 Å². The molecule has 0 unspecified atom stereocenters. The summed E-state index contributed by atoms with van der Waals surface area (Å²) in [6, 6.07) is 10.4. The van der Waals surface area contributed by atoms with Gasteiger partial charge in [0.2, 0.25) is 5.91 Å². The maximum absolute atomic E-state index is 12.1. The van der Waals surface area contributed by atoms with Crippen molar-refractivity contribution in [3.63, 3.8) is 0 Å². The van der Waals surface area contributed by atoms with E-state index in [1.807, 2.05) is 25.2 Å². The number of aryl methyl sites for hydroxylation is 1. The van der Waals surface area contributed by atoms with Crippen LogP contribution in [0, 0.1) is 0 Å². The van der Waals surface area contributed by atoms with E-state index in [-0.39, 0.29) is 12.0 Å². The van der Waals surface area contributed by atoms with Crippen LogP contribution in [0.4, 0.5) is 0 Å². The fraction of sp³-hybridized carbons (Fsp3) is 0.471. The molecule has 1 saturated heterocycles. The Balaban J connectivity index is 1.44. The third-order valence-corrected chi connectivity index (χ3v) is 4.13. The number of ether oxygens (including phenoxy) is 1. The van der Waals surface area contributed by atoms with Crippen LogP contribution in [0.25, 0.3) is 0 Å². The molecule has 1 atom stereocenters. The lowest BCUT2D eigenvalue weighted by Crippen LogP contribution is -2.44. The number of benzene rings is 1. The normalized spacial score (nSPS) is 18.5. The largest absolute Gasteiger partial charge is 0.375 e. The Morgan fingerprint density at radius 3 is 2.96 bits per heavy atom. The molecule has 0 bridgehead atoms. The van der Waals surface area contributed by atoms with Crippen molar-refractivity contribution in [1.29, 1.82) is 0 Å². The number of nitrogens with one attached hydrogen (secondary N) is 1. The van der Waals surface area contributed by atoms with Gasteiger partial charge in [0, 0.05) is 26.7 Å². The Bertz CT molecular complexity index is 658. The molecule has 2 heterocycles. The highest BCUT2D eigenvalue weighted by molar-refractivity contribution is 5.76. The maximum Gasteiger partial charge on any atom is 0.223 e. The molecule has 24 heavy (non-hydrogen) atoms. The van der Waals surface area contributed by atoms with Crippen LogP contribution in [0.2, 0.25) is 0 Å². The molecular formula is C17H23N5O2. The number of nitrogens with zero attached hydrogens (tertiary/aromatic N) is 4. The average Bonchev–Trinajstić information content (AvgIpc) is 2.99. The fourth-order valence-electron chi connectivity index (χ4n) is 2.81. The Labute approximate surface area is 141 Å². The van der Waals surface area contributed by atoms with Crippen molar-refractivity contribution in [3.05, 3.63) is 48.0 Å². The lowest BCUT2D eigenvalue weighted by molar-refractivity contribution is -0.126. The lowest BCUT2D eigenvalue weighted by atomic mass is 10.1. The van der Waals surface area contributed by atoms with Gasteiger partial charge in [-0.05, 0) is 5.56 Å². The SMILES string of the molecule is Cn1cnnc1CNC(=O)C[C@@H]1CN(Cc2ccccc2)CCO1. The first kappa shape index (κ1) is 16.6. The van der Waals surface area contributed by atoms with Gasteiger partial charge in [-0.2, -0.15) is 0 Å². The third-order valence-electron chi connectivity index (χ3n) is 4.13. The number of carbonyl (C=O) groups excluding carboxylic acids is 1. The smallest absolute Gasteiger partial charge is 0.223 e. The zero-order valence-electron chi connectivity index (χ0n) is 13.9. The monoisotopic (exact) mass is 329 g/mol. The van der Waals surface area contributed by atoms with Crippen LogP contribution >= 0.6 is 0 Å². The van der Waals surface area contributed by atoms with E-state index in [4.69, 9.17) is 4.74 Å². The second kappa shape index (κ2) is 8.03. The molecule has 0 saturated carbocycles. The Morgan fingerprint density at radius 1 is 1.38 bits per heavy atom. The van der Waals surface area contributed by atoms with E-state index in [2.05, 4.69) is 32.5 Å². The van der Waals surface area contributed by atoms with Gasteiger partial charge in [0.05, 0.1) is 25.7 Å². The molecule has 3 rings (SSSR count). The van der Waals surface area contributed by atoms with Crippen molar-refractivity contribution < 1.29 is 9.53 Å². The Kier molecular flexibility index (Phi) is 5.55. The van der Waals surface area contributed by atoms with Gasteiger partial charge in [-0.25, -0.2) is 0 Å². The second-order valence-corrected chi connectivity index (χ2v) is 6.05. The predicted molar refractivity (Wildman–Crippen MR) is 88.9 cm³/mol. The van der Waals surface area contributed by atoms with Crippen LogP contribution in [0.5, 0.6) is 0 Å². The summed E-state index contributed by atoms with van der Waals surface area (Å²) >= 11 is 0. The first-order chi connectivity index (χ1) is 11.7. The van der Waals surface area contributed by atoms with E-state index >= 15 is 0 Å². The van der Waals surface area contributed by atoms with Crippen LogP contribution in [-0.2, 0) is 29.7 Å². The minimum atomic E-state index is -0.0676. The van der Waals surface area contributed by atoms with Gasteiger partial charge in [-0.1, -0.05) is 30.3 Å². The van der Waals surface area contributed by atoms with Crippen molar-refractivity contribution in [3.8, 4) is 0 Å². The molecule has 1 fully saturated rings. The summed E-state index contributed by atoms with van der Waals surface area (Å²) in [5.41, 5.74) is 1.28. The number of morpholine rings is 1. The molecule has 1 aliphatic heterocycles. The predicted octanol–water partition coefficient (Wildman–Crippen LogP) is 0.722. The van der Waals surface area contributed by atoms with Crippen molar-refractivity contribution in [2.45, 2.75) is 25.6 Å². The van der Waals surface area contributed by atoms with Gasteiger partial charge in [-0.15, -0.1) is 10.2 Å². The lowest BCUT2D eigenvalue weighted by Gasteiger charge is -2.32. The summed E-state index contributed by atoms with van der Waals surface area (Å²) in [6.45, 7) is 3.60. The molecule has 1 N–H and O–H groups in total. The number of rotatable bonds is 6. The molecule has 1 aromatic carbocycles. The van der Waals surface area contributed by atoms with E-state index in [0.717, 1.165) is 25.5 Å². The second-order valence-electron chi connectivity index (χ2n) is 6.05. The van der Waals surface area contributed by atoms with Crippen LogP contribution in [0.1, 0.15) is 17.8 Å². The third kappa shape index (κ3) is 4.62. The van der Waals surface area contributed by atoms with E-state index in [1.54, 1.807) is 10.9 Å². The van der Waals surface area contributed by atoms with Crippen LogP contribution in [0.15, 0.2) is 36.7 Å². The van der Waals surface area contributed by atoms with Gasteiger partial charge in [0.15, 0.2) is 5.82 Å². The molecule has 0 spiro atoms. The molecular weight excluding hydrogens is 306 g/mol. The van der Waals surface area contributed by atoms with Crippen molar-refractivity contribution in [2.75, 3.05) is 19.7 Å². The van der Waals surface area contributed by atoms with E-state index < -0.39 is 0 Å². The molecule has 0 aliphatic carbocycles. The summed E-state index contributed by atoms with van der Waals surface area (Å²) in [4.78, 5) is 14.4. The number of hydrogen-bond donors (Lipinski definition) is 1. The topological polar surface area (TPSA) is 72.3 Å². The van der Waals surface area contributed by atoms with Gasteiger partial charge in [-0.3, -0.25) is 9.69 Å². The van der Waals surface area contributed by atoms with Gasteiger partial charge >= 0.3 is 0 Å². The highest BCUT2D eigenvalue weighted by atomic mass is 16.5. The van der Waals surface area contributed by atoms with Crippen molar-refractivity contribution in [1.82, 2.24) is 25.0 Å². The molecule has 1 aromatic heterocycles. The molecule has 0 radical (unpaired) electrons. The fourth-order valence-corrected chi connectivity index (χ4v) is 2.81. The maximum atomic E-state index is 12.1. The number of carbonyl (C=O) groups is 1. The van der Waals surface area contributed by atoms with E-state index in [9.17, 15) is 4.79 Å². The van der Waals surface area contributed by atoms with E-state index in [1.165, 1.54) is 5.56 Å². The van der Waals surface area contributed by atoms with Crippen LogP contribution < -0.4 is 5.32 Å². The van der Waals surface area contributed by atoms with Crippen LogP contribution in [0.3, 0.4) is 0 Å². The standard InChI is InChI=1S/C17H23N5O2/c1-21-13-19-20-16(21)10-18-17(23)9-15-12-22(7-8-24-15)11-14-5-3-2-4-6-14/h2-6,13,15H,7-12H2,1H3,(H,18,23)/t15-/m1/s1. The highest BCUT2D eigenvalue weighted by Gasteiger charge is 2.23. The zero-order chi connectivity index (χ0) is 16.8. The molecule has 7 nitrogen and oxygen atoms in total. The first-order valence-electron chi connectivity index (χ1n) is 8.18. The number of amides is 1. The summed E-state index contributed by atoms with van der Waals surface area (Å²) in [5.74, 6) is 0.711. The quantitative estimate of drug-likeness (QED) is 0.845. The van der Waals surface area contributed by atoms with E-state index in [0.29, 0.717) is 19.6 Å². The summed E-state index contributed by atoms with van der Waals surface area (Å²) in [6.07, 6.45) is 1.91. The zero-order valence-corrected chi connectivity index (χ0v) is 13.9. The number of hydrogen-bond acceptors (Lipinski definition) is 5. The molecule has 2 aromatic rings. The molecule has 1 amide bonds. The average molecular weight is 329 g/mol. The highest BCUT2D eigenvalue weighted by Crippen LogP contribution is 2.12.